The Balaban J connectivity index is 1.41. The molecular formula is C17H18N4O2S2. The first-order valence-corrected chi connectivity index (χ1v) is 10.3. The van der Waals surface area contributed by atoms with Crippen LogP contribution in [-0.4, -0.2) is 52.5 Å². The molecule has 0 radical (unpaired) electrons. The first kappa shape index (κ1) is 16.6. The van der Waals surface area contributed by atoms with Crippen molar-refractivity contribution in [2.45, 2.75) is 11.4 Å². The highest BCUT2D eigenvalue weighted by atomic mass is 32.2. The van der Waals surface area contributed by atoms with Crippen LogP contribution in [0, 0.1) is 0 Å². The zero-order chi connectivity index (χ0) is 17.3. The minimum atomic E-state index is -3.39. The Hall–Kier alpha value is -1.87. The van der Waals surface area contributed by atoms with Crippen LogP contribution in [0.15, 0.2) is 53.4 Å². The number of sulfonamides is 1. The molecule has 0 N–H and O–H groups in total. The highest BCUT2D eigenvalue weighted by Crippen LogP contribution is 2.19. The Labute approximate surface area is 151 Å². The molecule has 2 heterocycles. The summed E-state index contributed by atoms with van der Waals surface area (Å²) < 4.78 is 35.4. The van der Waals surface area contributed by atoms with Crippen LogP contribution >= 0.6 is 11.7 Å². The molecule has 1 aromatic heterocycles. The van der Waals surface area contributed by atoms with Crippen LogP contribution in [0.5, 0.6) is 0 Å². The number of piperazine rings is 1. The van der Waals surface area contributed by atoms with Crippen LogP contribution in [0.4, 0.5) is 0 Å². The molecule has 4 rings (SSSR count). The standard InChI is InChI=1S/C17H18N4O2S2/c22-25(23,15-4-2-1-3-5-15)21-10-8-20(9-11-21)13-14-6-7-16-17(12-14)19-24-18-16/h1-7,12H,8-11,13H2. The van der Waals surface area contributed by atoms with Crippen LogP contribution in [0.25, 0.3) is 11.0 Å². The lowest BCUT2D eigenvalue weighted by atomic mass is 10.2. The van der Waals surface area contributed by atoms with Gasteiger partial charge in [0.1, 0.15) is 11.0 Å². The summed E-state index contributed by atoms with van der Waals surface area (Å²) in [5.74, 6) is 0. The van der Waals surface area contributed by atoms with E-state index in [1.165, 1.54) is 17.3 Å². The summed E-state index contributed by atoms with van der Waals surface area (Å²) >= 11 is 1.22. The van der Waals surface area contributed by atoms with Crippen molar-refractivity contribution in [1.29, 1.82) is 0 Å². The van der Waals surface area contributed by atoms with Crippen LogP contribution in [0.3, 0.4) is 0 Å². The molecule has 0 atom stereocenters. The number of hydrogen-bond acceptors (Lipinski definition) is 6. The minimum absolute atomic E-state index is 0.366. The molecule has 6 nitrogen and oxygen atoms in total. The number of benzene rings is 2. The molecule has 0 unspecified atom stereocenters. The fraction of sp³-hybridized carbons (Fsp3) is 0.294. The van der Waals surface area contributed by atoms with E-state index in [-0.39, 0.29) is 0 Å². The third-order valence-corrected chi connectivity index (χ3v) is 6.91. The monoisotopic (exact) mass is 374 g/mol. The lowest BCUT2D eigenvalue weighted by molar-refractivity contribution is 0.181. The van der Waals surface area contributed by atoms with E-state index in [1.54, 1.807) is 28.6 Å². The minimum Gasteiger partial charge on any atom is -0.296 e. The van der Waals surface area contributed by atoms with Gasteiger partial charge in [-0.1, -0.05) is 24.3 Å². The van der Waals surface area contributed by atoms with Crippen molar-refractivity contribution in [3.05, 3.63) is 54.1 Å². The highest BCUT2D eigenvalue weighted by Gasteiger charge is 2.28. The van der Waals surface area contributed by atoms with Gasteiger partial charge in [0.25, 0.3) is 0 Å². The third-order valence-electron chi connectivity index (χ3n) is 4.44. The predicted molar refractivity (Wildman–Crippen MR) is 97.9 cm³/mol. The SMILES string of the molecule is O=S(=O)(c1ccccc1)N1CCN(Cc2ccc3nsnc3c2)CC1. The molecule has 1 aliphatic heterocycles. The van der Waals surface area contributed by atoms with Gasteiger partial charge < -0.3 is 0 Å². The molecule has 0 spiro atoms. The van der Waals surface area contributed by atoms with Crippen LogP contribution in [-0.2, 0) is 16.6 Å². The van der Waals surface area contributed by atoms with Gasteiger partial charge >= 0.3 is 0 Å². The Morgan fingerprint density at radius 2 is 1.64 bits per heavy atom. The Kier molecular flexibility index (Phi) is 4.51. The summed E-state index contributed by atoms with van der Waals surface area (Å²) in [7, 11) is -3.39. The van der Waals surface area contributed by atoms with Gasteiger partial charge in [0.05, 0.1) is 16.6 Å². The second-order valence-electron chi connectivity index (χ2n) is 6.08. The number of fused-ring (bicyclic) bond motifs is 1. The maximum absolute atomic E-state index is 12.7. The van der Waals surface area contributed by atoms with Gasteiger partial charge in [-0.3, -0.25) is 4.90 Å². The summed E-state index contributed by atoms with van der Waals surface area (Å²) in [5.41, 5.74) is 3.03. The van der Waals surface area contributed by atoms with Crippen molar-refractivity contribution in [2.75, 3.05) is 26.2 Å². The summed E-state index contributed by atoms with van der Waals surface area (Å²) in [4.78, 5) is 2.64. The topological polar surface area (TPSA) is 66.4 Å². The Bertz CT molecular complexity index is 964. The maximum Gasteiger partial charge on any atom is 0.243 e. The second-order valence-corrected chi connectivity index (χ2v) is 8.55. The van der Waals surface area contributed by atoms with Gasteiger partial charge in [0.15, 0.2) is 0 Å². The average Bonchev–Trinajstić information content (AvgIpc) is 3.11. The van der Waals surface area contributed by atoms with E-state index >= 15 is 0 Å². The molecular weight excluding hydrogens is 356 g/mol. The molecule has 8 heteroatoms. The van der Waals surface area contributed by atoms with E-state index in [4.69, 9.17) is 0 Å². The van der Waals surface area contributed by atoms with E-state index in [0.717, 1.165) is 30.7 Å². The lowest BCUT2D eigenvalue weighted by Crippen LogP contribution is -2.48. The van der Waals surface area contributed by atoms with Crippen molar-refractivity contribution in [3.8, 4) is 0 Å². The summed E-state index contributed by atoms with van der Waals surface area (Å²) in [6.07, 6.45) is 0. The number of nitrogens with zero attached hydrogens (tertiary/aromatic N) is 4. The molecule has 1 aliphatic rings. The van der Waals surface area contributed by atoms with E-state index < -0.39 is 10.0 Å². The summed E-state index contributed by atoms with van der Waals surface area (Å²) in [6.45, 7) is 3.26. The highest BCUT2D eigenvalue weighted by molar-refractivity contribution is 7.89. The van der Waals surface area contributed by atoms with Crippen molar-refractivity contribution >= 4 is 32.8 Å². The first-order chi connectivity index (χ1) is 12.1. The van der Waals surface area contributed by atoms with Crippen molar-refractivity contribution in [3.63, 3.8) is 0 Å². The van der Waals surface area contributed by atoms with Gasteiger partial charge in [-0.2, -0.15) is 13.1 Å². The third kappa shape index (κ3) is 3.43. The molecule has 0 aliphatic carbocycles. The molecule has 1 fully saturated rings. The van der Waals surface area contributed by atoms with Gasteiger partial charge in [0.2, 0.25) is 10.0 Å². The van der Waals surface area contributed by atoms with Gasteiger partial charge in [-0.15, -0.1) is 0 Å². The van der Waals surface area contributed by atoms with Gasteiger partial charge in [-0.05, 0) is 29.8 Å². The van der Waals surface area contributed by atoms with Gasteiger partial charge in [-0.25, -0.2) is 8.42 Å². The smallest absolute Gasteiger partial charge is 0.243 e. The normalized spacial score (nSPS) is 17.1. The van der Waals surface area contributed by atoms with Crippen LogP contribution < -0.4 is 0 Å². The lowest BCUT2D eigenvalue weighted by Gasteiger charge is -2.34. The van der Waals surface area contributed by atoms with Crippen molar-refractivity contribution in [2.24, 2.45) is 0 Å². The molecule has 0 bridgehead atoms. The molecule has 1 saturated heterocycles. The Morgan fingerprint density at radius 3 is 2.40 bits per heavy atom. The predicted octanol–water partition coefficient (Wildman–Crippen LogP) is 2.20. The van der Waals surface area contributed by atoms with E-state index in [2.05, 4.69) is 25.8 Å². The molecule has 0 amide bonds. The van der Waals surface area contributed by atoms with E-state index in [0.29, 0.717) is 18.0 Å². The first-order valence-electron chi connectivity index (χ1n) is 8.12. The second kappa shape index (κ2) is 6.80. The maximum atomic E-state index is 12.7. The van der Waals surface area contributed by atoms with E-state index in [9.17, 15) is 8.42 Å². The summed E-state index contributed by atoms with van der Waals surface area (Å²) in [6, 6.07) is 14.8. The molecule has 0 saturated carbocycles. The number of hydrogen-bond donors (Lipinski definition) is 0. The number of rotatable bonds is 4. The quantitative estimate of drug-likeness (QED) is 0.700. The number of aromatic nitrogens is 2. The van der Waals surface area contributed by atoms with Crippen LogP contribution in [0.2, 0.25) is 0 Å². The van der Waals surface area contributed by atoms with Crippen molar-refractivity contribution < 1.29 is 8.42 Å². The molecule has 130 valence electrons. The fourth-order valence-corrected chi connectivity index (χ4v) is 5.01. The zero-order valence-corrected chi connectivity index (χ0v) is 15.2. The van der Waals surface area contributed by atoms with Crippen LogP contribution in [0.1, 0.15) is 5.56 Å². The van der Waals surface area contributed by atoms with Gasteiger partial charge in [0, 0.05) is 32.7 Å². The molecule has 2 aromatic carbocycles. The molecule has 3 aromatic rings. The zero-order valence-electron chi connectivity index (χ0n) is 13.6. The molecule has 25 heavy (non-hydrogen) atoms. The Morgan fingerprint density at radius 1 is 0.920 bits per heavy atom. The summed E-state index contributed by atoms with van der Waals surface area (Å²) in [5, 5.41) is 0. The van der Waals surface area contributed by atoms with E-state index in [1.807, 2.05) is 12.1 Å². The fourth-order valence-electron chi connectivity index (χ4n) is 3.05. The largest absolute Gasteiger partial charge is 0.296 e. The average molecular weight is 374 g/mol. The van der Waals surface area contributed by atoms with Crippen molar-refractivity contribution in [1.82, 2.24) is 18.0 Å².